The van der Waals surface area contributed by atoms with Crippen LogP contribution in [0.5, 0.6) is 0 Å². The molecule has 0 aliphatic rings. The number of carbonyl (C=O) groups is 2. The summed E-state index contributed by atoms with van der Waals surface area (Å²) in [5.74, 6) is -0.972. The third kappa shape index (κ3) is 5.77. The standard InChI is InChI=1S/C17H21N3O5/c1-23-7-8-25-11-16(21)20-15(17(22)24-2)9-12-10-18-13-5-3-4-6-14(13)19-12/h3-6,10,15H,7-9,11H2,1-2H3,(H,20,21)/t15-/m0/s1. The molecule has 1 N–H and O–H groups in total. The molecule has 0 aliphatic carbocycles. The number of methoxy groups -OCH3 is 2. The van der Waals surface area contributed by atoms with Gasteiger partial charge in [-0.15, -0.1) is 0 Å². The van der Waals surface area contributed by atoms with E-state index in [4.69, 9.17) is 14.2 Å². The van der Waals surface area contributed by atoms with Crippen molar-refractivity contribution in [2.24, 2.45) is 0 Å². The van der Waals surface area contributed by atoms with Crippen molar-refractivity contribution in [3.63, 3.8) is 0 Å². The number of rotatable bonds is 9. The number of fused-ring (bicyclic) bond motifs is 1. The van der Waals surface area contributed by atoms with Crippen molar-refractivity contribution in [3.05, 3.63) is 36.2 Å². The van der Waals surface area contributed by atoms with Gasteiger partial charge in [-0.1, -0.05) is 12.1 Å². The lowest BCUT2D eigenvalue weighted by molar-refractivity contribution is -0.145. The zero-order valence-electron chi connectivity index (χ0n) is 14.2. The molecule has 0 spiro atoms. The summed E-state index contributed by atoms with van der Waals surface area (Å²) in [5, 5.41) is 2.59. The van der Waals surface area contributed by atoms with Gasteiger partial charge in [-0.3, -0.25) is 9.78 Å². The maximum atomic E-state index is 11.9. The number of ether oxygens (including phenoxy) is 3. The van der Waals surface area contributed by atoms with E-state index in [2.05, 4.69) is 15.3 Å². The molecule has 0 radical (unpaired) electrons. The van der Waals surface area contributed by atoms with E-state index in [1.807, 2.05) is 24.3 Å². The molecule has 2 rings (SSSR count). The molecule has 1 aromatic heterocycles. The molecule has 1 atom stereocenters. The van der Waals surface area contributed by atoms with Crippen LogP contribution in [0, 0.1) is 0 Å². The summed E-state index contributed by atoms with van der Waals surface area (Å²) < 4.78 is 14.7. The molecule has 2 aromatic rings. The topological polar surface area (TPSA) is 99.6 Å². The zero-order chi connectivity index (χ0) is 18.1. The first-order valence-electron chi connectivity index (χ1n) is 7.78. The number of aromatic nitrogens is 2. The molecular formula is C17H21N3O5. The summed E-state index contributed by atoms with van der Waals surface area (Å²) in [6, 6.07) is 6.55. The first-order chi connectivity index (χ1) is 12.1. The second-order valence-electron chi connectivity index (χ2n) is 5.24. The molecule has 25 heavy (non-hydrogen) atoms. The highest BCUT2D eigenvalue weighted by Crippen LogP contribution is 2.10. The van der Waals surface area contributed by atoms with Gasteiger partial charge in [0.25, 0.3) is 0 Å². The highest BCUT2D eigenvalue weighted by molar-refractivity contribution is 5.85. The Hall–Kier alpha value is -2.58. The van der Waals surface area contributed by atoms with Crippen molar-refractivity contribution in [2.45, 2.75) is 12.5 Å². The number of esters is 1. The number of carbonyl (C=O) groups excluding carboxylic acids is 2. The van der Waals surface area contributed by atoms with Gasteiger partial charge in [0.2, 0.25) is 5.91 Å². The smallest absolute Gasteiger partial charge is 0.328 e. The van der Waals surface area contributed by atoms with Crippen LogP contribution in [0.3, 0.4) is 0 Å². The number of hydrogen-bond donors (Lipinski definition) is 1. The predicted molar refractivity (Wildman–Crippen MR) is 89.9 cm³/mol. The molecule has 8 nitrogen and oxygen atoms in total. The van der Waals surface area contributed by atoms with E-state index in [1.54, 1.807) is 13.3 Å². The van der Waals surface area contributed by atoms with Crippen molar-refractivity contribution < 1.29 is 23.8 Å². The fraction of sp³-hybridized carbons (Fsp3) is 0.412. The SMILES string of the molecule is COCCOCC(=O)N[C@@H](Cc1cnc2ccccc2n1)C(=O)OC. The van der Waals surface area contributed by atoms with Gasteiger partial charge in [0.1, 0.15) is 12.6 Å². The lowest BCUT2D eigenvalue weighted by Crippen LogP contribution is -2.44. The lowest BCUT2D eigenvalue weighted by atomic mass is 10.1. The van der Waals surface area contributed by atoms with Crippen molar-refractivity contribution in [2.75, 3.05) is 34.0 Å². The van der Waals surface area contributed by atoms with Crippen LogP contribution in [0.25, 0.3) is 11.0 Å². The molecule has 0 fully saturated rings. The second kappa shape index (κ2) is 9.65. The number of hydrogen-bond acceptors (Lipinski definition) is 7. The number of nitrogens with zero attached hydrogens (tertiary/aromatic N) is 2. The average molecular weight is 347 g/mol. The molecule has 8 heteroatoms. The van der Waals surface area contributed by atoms with E-state index >= 15 is 0 Å². The number of benzene rings is 1. The van der Waals surface area contributed by atoms with E-state index < -0.39 is 17.9 Å². The highest BCUT2D eigenvalue weighted by atomic mass is 16.5. The van der Waals surface area contributed by atoms with E-state index in [0.717, 1.165) is 11.0 Å². The van der Waals surface area contributed by atoms with Crippen molar-refractivity contribution >= 4 is 22.9 Å². The maximum absolute atomic E-state index is 11.9. The van der Waals surface area contributed by atoms with Crippen LogP contribution in [0.2, 0.25) is 0 Å². The summed E-state index contributed by atoms with van der Waals surface area (Å²) >= 11 is 0. The summed E-state index contributed by atoms with van der Waals surface area (Å²) in [5.41, 5.74) is 2.06. The highest BCUT2D eigenvalue weighted by Gasteiger charge is 2.23. The van der Waals surface area contributed by atoms with Crippen LogP contribution in [0.15, 0.2) is 30.5 Å². The molecule has 0 unspecified atom stereocenters. The third-order valence-electron chi connectivity index (χ3n) is 3.40. The summed E-state index contributed by atoms with van der Waals surface area (Å²) in [6.07, 6.45) is 1.76. The number of nitrogens with one attached hydrogen (secondary N) is 1. The van der Waals surface area contributed by atoms with Gasteiger partial charge in [0.05, 0.1) is 37.1 Å². The molecular weight excluding hydrogens is 326 g/mol. The van der Waals surface area contributed by atoms with Gasteiger partial charge in [0, 0.05) is 19.7 Å². The summed E-state index contributed by atoms with van der Waals surface area (Å²) in [4.78, 5) is 32.6. The minimum Gasteiger partial charge on any atom is -0.467 e. The molecule has 0 saturated carbocycles. The molecule has 1 aromatic carbocycles. The Bertz CT molecular complexity index is 722. The van der Waals surface area contributed by atoms with Crippen LogP contribution >= 0.6 is 0 Å². The van der Waals surface area contributed by atoms with E-state index in [9.17, 15) is 9.59 Å². The van der Waals surface area contributed by atoms with Crippen LogP contribution in [-0.4, -0.2) is 61.9 Å². The van der Waals surface area contributed by atoms with Crippen molar-refractivity contribution in [1.29, 1.82) is 0 Å². The third-order valence-corrected chi connectivity index (χ3v) is 3.40. The fourth-order valence-electron chi connectivity index (χ4n) is 2.18. The van der Waals surface area contributed by atoms with E-state index in [1.165, 1.54) is 7.11 Å². The minimum absolute atomic E-state index is 0.166. The monoisotopic (exact) mass is 347 g/mol. The molecule has 1 amide bonds. The first kappa shape index (κ1) is 18.8. The van der Waals surface area contributed by atoms with Crippen LogP contribution < -0.4 is 5.32 Å². The quantitative estimate of drug-likeness (QED) is 0.520. The zero-order valence-corrected chi connectivity index (χ0v) is 14.2. The molecule has 0 aliphatic heterocycles. The van der Waals surface area contributed by atoms with Crippen molar-refractivity contribution in [3.8, 4) is 0 Å². The van der Waals surface area contributed by atoms with Crippen LogP contribution in [0.1, 0.15) is 5.69 Å². The Balaban J connectivity index is 2.01. The minimum atomic E-state index is -0.862. The van der Waals surface area contributed by atoms with E-state index in [0.29, 0.717) is 18.9 Å². The fourth-order valence-corrected chi connectivity index (χ4v) is 2.18. The Kier molecular flexibility index (Phi) is 7.24. The maximum Gasteiger partial charge on any atom is 0.328 e. The Labute approximate surface area is 145 Å². The molecule has 134 valence electrons. The van der Waals surface area contributed by atoms with Gasteiger partial charge < -0.3 is 19.5 Å². The Morgan fingerprint density at radius 2 is 1.92 bits per heavy atom. The number of amides is 1. The van der Waals surface area contributed by atoms with Gasteiger partial charge in [0.15, 0.2) is 0 Å². The summed E-state index contributed by atoms with van der Waals surface area (Å²) in [6.45, 7) is 0.517. The molecule has 1 heterocycles. The largest absolute Gasteiger partial charge is 0.467 e. The van der Waals surface area contributed by atoms with Gasteiger partial charge in [-0.25, -0.2) is 9.78 Å². The number of para-hydroxylation sites is 2. The van der Waals surface area contributed by atoms with Crippen LogP contribution in [-0.2, 0) is 30.2 Å². The Morgan fingerprint density at radius 1 is 1.16 bits per heavy atom. The first-order valence-corrected chi connectivity index (χ1v) is 7.78. The average Bonchev–Trinajstić information content (AvgIpc) is 2.64. The summed E-state index contributed by atoms with van der Waals surface area (Å²) in [7, 11) is 2.81. The van der Waals surface area contributed by atoms with Crippen molar-refractivity contribution in [1.82, 2.24) is 15.3 Å². The van der Waals surface area contributed by atoms with Crippen LogP contribution in [0.4, 0.5) is 0 Å². The Morgan fingerprint density at radius 3 is 2.64 bits per heavy atom. The van der Waals surface area contributed by atoms with Gasteiger partial charge in [-0.2, -0.15) is 0 Å². The van der Waals surface area contributed by atoms with Gasteiger partial charge >= 0.3 is 5.97 Å². The second-order valence-corrected chi connectivity index (χ2v) is 5.24. The molecule has 0 bridgehead atoms. The molecule has 0 saturated heterocycles. The predicted octanol–water partition coefficient (Wildman–Crippen LogP) is 0.493. The van der Waals surface area contributed by atoms with E-state index in [-0.39, 0.29) is 13.0 Å². The normalized spacial score (nSPS) is 11.9. The lowest BCUT2D eigenvalue weighted by Gasteiger charge is -2.16. The van der Waals surface area contributed by atoms with Gasteiger partial charge in [-0.05, 0) is 12.1 Å².